The fourth-order valence-corrected chi connectivity index (χ4v) is 6.22. The van der Waals surface area contributed by atoms with Gasteiger partial charge in [0.05, 0.1) is 36.6 Å². The van der Waals surface area contributed by atoms with Crippen molar-refractivity contribution in [2.75, 3.05) is 32.3 Å². The van der Waals surface area contributed by atoms with Gasteiger partial charge in [-0.1, -0.05) is 63.1 Å². The van der Waals surface area contributed by atoms with Gasteiger partial charge in [0.25, 0.3) is 11.8 Å². The number of hydrogen-bond acceptors (Lipinski definition) is 7. The standard InChI is InChI=1S/C31H43NO7S/c1-4-39-28-21-24(18-19-27(28)38-2)26(22-40(3,36)37)32-30(34)25-17-14-16-23(29(25)31(32)35)15-12-10-8-6-5-7-9-11-13-20-33/h14,16-19,21,26,33H,4-13,15,20,22H2,1-3H3/t26-/m1/s1. The van der Waals surface area contributed by atoms with Crippen LogP contribution in [0.15, 0.2) is 36.4 Å². The zero-order chi connectivity index (χ0) is 29.1. The third-order valence-electron chi connectivity index (χ3n) is 7.28. The van der Waals surface area contributed by atoms with Crippen molar-refractivity contribution in [2.24, 2.45) is 0 Å². The van der Waals surface area contributed by atoms with Gasteiger partial charge in [0, 0.05) is 12.9 Å². The smallest absolute Gasteiger partial charge is 0.262 e. The van der Waals surface area contributed by atoms with Crippen LogP contribution >= 0.6 is 0 Å². The number of amides is 2. The molecule has 220 valence electrons. The molecule has 2 amide bonds. The van der Waals surface area contributed by atoms with E-state index in [-0.39, 0.29) is 6.61 Å². The summed E-state index contributed by atoms with van der Waals surface area (Å²) in [4.78, 5) is 28.5. The van der Waals surface area contributed by atoms with E-state index in [1.54, 1.807) is 30.3 Å². The number of sulfone groups is 1. The SMILES string of the molecule is CCOc1cc([C@@H](CS(C)(=O)=O)N2C(=O)c3cccc(CCCCCCCCCCCO)c3C2=O)ccc1OC. The maximum Gasteiger partial charge on any atom is 0.262 e. The largest absolute Gasteiger partial charge is 0.493 e. The monoisotopic (exact) mass is 573 g/mol. The maximum atomic E-state index is 13.8. The molecule has 0 unspecified atom stereocenters. The van der Waals surface area contributed by atoms with Crippen molar-refractivity contribution in [1.29, 1.82) is 0 Å². The highest BCUT2D eigenvalue weighted by Gasteiger charge is 2.43. The number of aliphatic hydroxyl groups excluding tert-OH is 1. The molecule has 1 aliphatic rings. The third-order valence-corrected chi connectivity index (χ3v) is 8.20. The Hall–Kier alpha value is -2.91. The summed E-state index contributed by atoms with van der Waals surface area (Å²) in [5, 5.41) is 8.86. The molecule has 0 saturated heterocycles. The number of aliphatic hydroxyl groups is 1. The molecule has 1 N–H and O–H groups in total. The lowest BCUT2D eigenvalue weighted by atomic mass is 9.97. The second-order valence-electron chi connectivity index (χ2n) is 10.4. The fraction of sp³-hybridized carbons (Fsp3) is 0.548. The van der Waals surface area contributed by atoms with E-state index in [1.807, 2.05) is 13.0 Å². The van der Waals surface area contributed by atoms with Crippen LogP contribution in [0.5, 0.6) is 11.5 Å². The van der Waals surface area contributed by atoms with E-state index in [0.717, 1.165) is 61.7 Å². The summed E-state index contributed by atoms with van der Waals surface area (Å²) in [6, 6.07) is 9.31. The Labute approximate surface area is 238 Å². The number of unbranched alkanes of at least 4 members (excludes halogenated alkanes) is 8. The van der Waals surface area contributed by atoms with Crippen molar-refractivity contribution in [1.82, 2.24) is 4.90 Å². The average Bonchev–Trinajstić information content (AvgIpc) is 3.18. The van der Waals surface area contributed by atoms with Crippen LogP contribution in [0.3, 0.4) is 0 Å². The fourth-order valence-electron chi connectivity index (χ4n) is 5.30. The van der Waals surface area contributed by atoms with Gasteiger partial charge in [-0.05, 0) is 55.5 Å². The molecular formula is C31H43NO7S. The van der Waals surface area contributed by atoms with E-state index in [0.29, 0.717) is 41.2 Å². The summed E-state index contributed by atoms with van der Waals surface area (Å²) >= 11 is 0. The van der Waals surface area contributed by atoms with Gasteiger partial charge < -0.3 is 14.6 Å². The molecule has 1 aliphatic heterocycles. The highest BCUT2D eigenvalue weighted by molar-refractivity contribution is 7.90. The Morgan fingerprint density at radius 3 is 2.12 bits per heavy atom. The average molecular weight is 574 g/mol. The van der Waals surface area contributed by atoms with Gasteiger partial charge in [-0.3, -0.25) is 14.5 Å². The number of aryl methyl sites for hydroxylation is 1. The van der Waals surface area contributed by atoms with Crippen LogP contribution in [0.2, 0.25) is 0 Å². The number of fused-ring (bicyclic) bond motifs is 1. The molecule has 3 rings (SSSR count). The van der Waals surface area contributed by atoms with Gasteiger partial charge in [0.15, 0.2) is 11.5 Å². The molecule has 1 atom stereocenters. The molecule has 2 aromatic rings. The van der Waals surface area contributed by atoms with Crippen molar-refractivity contribution < 1.29 is 32.6 Å². The highest BCUT2D eigenvalue weighted by Crippen LogP contribution is 2.37. The zero-order valence-electron chi connectivity index (χ0n) is 24.0. The van der Waals surface area contributed by atoms with Crippen LogP contribution in [0.1, 0.15) is 103 Å². The van der Waals surface area contributed by atoms with Gasteiger partial charge in [-0.15, -0.1) is 0 Å². The second kappa shape index (κ2) is 15.2. The number of nitrogens with zero attached hydrogens (tertiary/aromatic N) is 1. The van der Waals surface area contributed by atoms with Gasteiger partial charge in [-0.2, -0.15) is 0 Å². The highest BCUT2D eigenvalue weighted by atomic mass is 32.2. The van der Waals surface area contributed by atoms with Gasteiger partial charge in [-0.25, -0.2) is 8.42 Å². The molecule has 8 nitrogen and oxygen atoms in total. The van der Waals surface area contributed by atoms with Crippen LogP contribution in [0, 0.1) is 0 Å². The van der Waals surface area contributed by atoms with Crippen molar-refractivity contribution in [3.05, 3.63) is 58.7 Å². The maximum absolute atomic E-state index is 13.8. The number of hydrogen-bond donors (Lipinski definition) is 1. The molecule has 0 bridgehead atoms. The van der Waals surface area contributed by atoms with Gasteiger partial charge in [0.2, 0.25) is 0 Å². The van der Waals surface area contributed by atoms with Crippen LogP contribution in [0.4, 0.5) is 0 Å². The number of carbonyl (C=O) groups is 2. The molecule has 9 heteroatoms. The summed E-state index contributed by atoms with van der Waals surface area (Å²) < 4.78 is 35.9. The quantitative estimate of drug-likeness (QED) is 0.185. The van der Waals surface area contributed by atoms with E-state index in [1.165, 1.54) is 20.0 Å². The Morgan fingerprint density at radius 1 is 0.875 bits per heavy atom. The topological polar surface area (TPSA) is 110 Å². The lowest BCUT2D eigenvalue weighted by Gasteiger charge is -2.27. The Morgan fingerprint density at radius 2 is 1.52 bits per heavy atom. The normalized spacial score (nSPS) is 13.9. The zero-order valence-corrected chi connectivity index (χ0v) is 24.8. The minimum Gasteiger partial charge on any atom is -0.493 e. The lowest BCUT2D eigenvalue weighted by Crippen LogP contribution is -2.37. The predicted molar refractivity (Wildman–Crippen MR) is 156 cm³/mol. The minimum absolute atomic E-state index is 0.268. The summed E-state index contributed by atoms with van der Waals surface area (Å²) in [5.41, 5.74) is 2.02. The molecule has 40 heavy (non-hydrogen) atoms. The first-order valence-corrected chi connectivity index (χ1v) is 16.4. The van der Waals surface area contributed by atoms with Crippen molar-refractivity contribution >= 4 is 21.7 Å². The van der Waals surface area contributed by atoms with Gasteiger partial charge >= 0.3 is 0 Å². The van der Waals surface area contributed by atoms with E-state index in [9.17, 15) is 18.0 Å². The summed E-state index contributed by atoms with van der Waals surface area (Å²) in [6.45, 7) is 2.47. The molecule has 0 fully saturated rings. The van der Waals surface area contributed by atoms with E-state index >= 15 is 0 Å². The Balaban J connectivity index is 1.75. The number of methoxy groups -OCH3 is 1. The van der Waals surface area contributed by atoms with Crippen molar-refractivity contribution in [3.8, 4) is 11.5 Å². The molecule has 0 aliphatic carbocycles. The predicted octanol–water partition coefficient (Wildman–Crippen LogP) is 5.52. The molecular weight excluding hydrogens is 530 g/mol. The molecule has 0 radical (unpaired) electrons. The molecule has 0 saturated carbocycles. The van der Waals surface area contributed by atoms with Crippen LogP contribution < -0.4 is 9.47 Å². The molecule has 2 aromatic carbocycles. The minimum atomic E-state index is -3.56. The first-order chi connectivity index (χ1) is 19.2. The van der Waals surface area contributed by atoms with Crippen LogP contribution in [-0.4, -0.2) is 62.6 Å². The molecule has 1 heterocycles. The molecule has 0 spiro atoms. The summed E-state index contributed by atoms with van der Waals surface area (Å²) in [6.07, 6.45) is 11.5. The summed E-state index contributed by atoms with van der Waals surface area (Å²) in [7, 11) is -2.04. The third kappa shape index (κ3) is 8.30. The van der Waals surface area contributed by atoms with Crippen molar-refractivity contribution in [2.45, 2.75) is 77.2 Å². The number of benzene rings is 2. The van der Waals surface area contributed by atoms with Crippen molar-refractivity contribution in [3.63, 3.8) is 0 Å². The number of carbonyl (C=O) groups excluding carboxylic acids is 2. The number of imide groups is 1. The van der Waals surface area contributed by atoms with E-state index in [2.05, 4.69) is 0 Å². The molecule has 0 aromatic heterocycles. The Bertz CT molecular complexity index is 1260. The van der Waals surface area contributed by atoms with Gasteiger partial charge in [0.1, 0.15) is 9.84 Å². The van der Waals surface area contributed by atoms with Crippen LogP contribution in [-0.2, 0) is 16.3 Å². The van der Waals surface area contributed by atoms with E-state index in [4.69, 9.17) is 14.6 Å². The van der Waals surface area contributed by atoms with Crippen LogP contribution in [0.25, 0.3) is 0 Å². The first kappa shape index (κ1) is 31.6. The summed E-state index contributed by atoms with van der Waals surface area (Å²) in [5.74, 6) is -0.434. The lowest BCUT2D eigenvalue weighted by molar-refractivity contribution is 0.0597. The first-order valence-electron chi connectivity index (χ1n) is 14.3. The number of ether oxygens (including phenoxy) is 2. The number of rotatable bonds is 18. The van der Waals surface area contributed by atoms with E-state index < -0.39 is 33.4 Å². The second-order valence-corrected chi connectivity index (χ2v) is 12.6. The Kier molecular flexibility index (Phi) is 12.0.